The molecule has 0 aliphatic heterocycles. The lowest BCUT2D eigenvalue weighted by Gasteiger charge is -2.07. The van der Waals surface area contributed by atoms with Crippen LogP contribution in [0.2, 0.25) is 10.0 Å². The highest BCUT2D eigenvalue weighted by Crippen LogP contribution is 2.23. The van der Waals surface area contributed by atoms with Gasteiger partial charge in [-0.1, -0.05) is 23.2 Å². The summed E-state index contributed by atoms with van der Waals surface area (Å²) in [4.78, 5) is 15.7. The number of pyridine rings is 1. The lowest BCUT2D eigenvalue weighted by Crippen LogP contribution is -2.12. The van der Waals surface area contributed by atoms with Crippen LogP contribution in [0.3, 0.4) is 0 Å². The van der Waals surface area contributed by atoms with E-state index in [0.29, 0.717) is 15.7 Å². The molecule has 2 rings (SSSR count). The van der Waals surface area contributed by atoms with E-state index >= 15 is 0 Å². The summed E-state index contributed by atoms with van der Waals surface area (Å²) in [6.07, 6.45) is 2.90. The fourth-order valence-corrected chi connectivity index (χ4v) is 1.71. The predicted molar refractivity (Wildman–Crippen MR) is 70.3 cm³/mol. The first-order chi connectivity index (χ1) is 8.56. The van der Waals surface area contributed by atoms with Gasteiger partial charge in [-0.3, -0.25) is 9.78 Å². The lowest BCUT2D eigenvalue weighted by atomic mass is 10.2. The summed E-state index contributed by atoms with van der Waals surface area (Å²) in [5, 5.41) is 12.9. The first kappa shape index (κ1) is 12.7. The van der Waals surface area contributed by atoms with Crippen molar-refractivity contribution in [3.05, 3.63) is 52.3 Å². The second-order valence-electron chi connectivity index (χ2n) is 3.51. The van der Waals surface area contributed by atoms with Crippen molar-refractivity contribution in [3.8, 4) is 5.75 Å². The van der Waals surface area contributed by atoms with Crippen molar-refractivity contribution in [2.24, 2.45) is 0 Å². The zero-order chi connectivity index (χ0) is 13.1. The zero-order valence-corrected chi connectivity index (χ0v) is 10.5. The normalized spacial score (nSPS) is 10.1. The number of carbonyl (C=O) groups is 1. The number of nitrogens with one attached hydrogen (secondary N) is 1. The molecule has 4 nitrogen and oxygen atoms in total. The maximum absolute atomic E-state index is 11.9. The van der Waals surface area contributed by atoms with Gasteiger partial charge in [-0.15, -0.1) is 0 Å². The van der Waals surface area contributed by atoms with Crippen LogP contribution in [0.4, 0.5) is 5.69 Å². The van der Waals surface area contributed by atoms with Crippen LogP contribution in [0.1, 0.15) is 10.4 Å². The molecule has 0 fully saturated rings. The van der Waals surface area contributed by atoms with Crippen LogP contribution in [0.15, 0.2) is 36.7 Å². The maximum Gasteiger partial charge on any atom is 0.259 e. The fourth-order valence-electron chi connectivity index (χ4n) is 1.37. The topological polar surface area (TPSA) is 62.2 Å². The smallest absolute Gasteiger partial charge is 0.259 e. The zero-order valence-electron chi connectivity index (χ0n) is 9.02. The second kappa shape index (κ2) is 5.25. The van der Waals surface area contributed by atoms with E-state index in [0.717, 1.165) is 0 Å². The summed E-state index contributed by atoms with van der Waals surface area (Å²) in [7, 11) is 0. The number of aromatic nitrogens is 1. The minimum atomic E-state index is -0.487. The van der Waals surface area contributed by atoms with Crippen molar-refractivity contribution in [1.29, 1.82) is 0 Å². The molecule has 0 saturated heterocycles. The second-order valence-corrected chi connectivity index (χ2v) is 4.38. The monoisotopic (exact) mass is 282 g/mol. The maximum atomic E-state index is 11.9. The Morgan fingerprint density at radius 3 is 2.67 bits per heavy atom. The van der Waals surface area contributed by atoms with Crippen molar-refractivity contribution < 1.29 is 9.90 Å². The van der Waals surface area contributed by atoms with Crippen LogP contribution in [0.25, 0.3) is 0 Å². The molecule has 0 spiro atoms. The molecule has 1 amide bonds. The Morgan fingerprint density at radius 2 is 1.94 bits per heavy atom. The molecule has 2 aromatic rings. The van der Waals surface area contributed by atoms with Gasteiger partial charge in [-0.25, -0.2) is 0 Å². The van der Waals surface area contributed by atoms with E-state index in [2.05, 4.69) is 10.3 Å². The third kappa shape index (κ3) is 2.91. The molecule has 2 N–H and O–H groups in total. The Labute approximate surface area is 113 Å². The first-order valence-corrected chi connectivity index (χ1v) is 5.72. The molecule has 0 aliphatic rings. The van der Waals surface area contributed by atoms with E-state index in [9.17, 15) is 9.90 Å². The van der Waals surface area contributed by atoms with Gasteiger partial charge < -0.3 is 10.4 Å². The summed E-state index contributed by atoms with van der Waals surface area (Å²) in [5.74, 6) is -0.633. The predicted octanol–water partition coefficient (Wildman–Crippen LogP) is 3.35. The third-order valence-electron chi connectivity index (χ3n) is 2.17. The molecule has 0 atom stereocenters. The highest BCUT2D eigenvalue weighted by molar-refractivity contribution is 6.31. The van der Waals surface area contributed by atoms with Gasteiger partial charge in [0, 0.05) is 11.2 Å². The van der Waals surface area contributed by atoms with E-state index in [-0.39, 0.29) is 11.3 Å². The fraction of sp³-hybridized carbons (Fsp3) is 0. The Balaban J connectivity index is 2.24. The van der Waals surface area contributed by atoms with Crippen molar-refractivity contribution in [2.75, 3.05) is 5.32 Å². The molecule has 0 bridgehead atoms. The van der Waals surface area contributed by atoms with E-state index in [1.165, 1.54) is 30.6 Å². The Hall–Kier alpha value is -1.78. The van der Waals surface area contributed by atoms with Crippen LogP contribution < -0.4 is 5.32 Å². The molecule has 0 unspecified atom stereocenters. The van der Waals surface area contributed by atoms with Gasteiger partial charge in [0.05, 0.1) is 22.5 Å². The minimum Gasteiger partial charge on any atom is -0.507 e. The van der Waals surface area contributed by atoms with E-state index in [4.69, 9.17) is 23.2 Å². The van der Waals surface area contributed by atoms with Crippen molar-refractivity contribution in [1.82, 2.24) is 4.98 Å². The molecule has 18 heavy (non-hydrogen) atoms. The molecule has 1 aromatic heterocycles. The minimum absolute atomic E-state index is 0.0856. The number of phenols is 1. The number of halogens is 2. The highest BCUT2D eigenvalue weighted by Gasteiger charge is 2.12. The number of carbonyl (C=O) groups excluding carboxylic acids is 1. The molecule has 1 heterocycles. The summed E-state index contributed by atoms with van der Waals surface area (Å²) >= 11 is 11.5. The number of rotatable bonds is 2. The molecular weight excluding hydrogens is 275 g/mol. The molecule has 1 aromatic carbocycles. The van der Waals surface area contributed by atoms with Crippen LogP contribution in [-0.2, 0) is 0 Å². The van der Waals surface area contributed by atoms with Gasteiger partial charge in [0.25, 0.3) is 5.91 Å². The molecule has 0 saturated carbocycles. The molecule has 0 aliphatic carbocycles. The van der Waals surface area contributed by atoms with E-state index in [1.54, 1.807) is 6.07 Å². The Bertz CT molecular complexity index is 602. The summed E-state index contributed by atoms with van der Waals surface area (Å²) in [6.45, 7) is 0. The number of hydrogen-bond acceptors (Lipinski definition) is 3. The summed E-state index contributed by atoms with van der Waals surface area (Å²) < 4.78 is 0. The SMILES string of the molecule is O=C(Nc1cncc(Cl)c1)c1cc(Cl)ccc1O. The molecule has 0 radical (unpaired) electrons. The highest BCUT2D eigenvalue weighted by atomic mass is 35.5. The average Bonchev–Trinajstić information content (AvgIpc) is 2.32. The third-order valence-corrected chi connectivity index (χ3v) is 2.61. The molecule has 92 valence electrons. The lowest BCUT2D eigenvalue weighted by molar-refractivity contribution is 0.102. The Morgan fingerprint density at radius 1 is 1.17 bits per heavy atom. The number of hydrogen-bond donors (Lipinski definition) is 2. The van der Waals surface area contributed by atoms with Gasteiger partial charge in [-0.05, 0) is 24.3 Å². The van der Waals surface area contributed by atoms with Gasteiger partial charge >= 0.3 is 0 Å². The number of aromatic hydroxyl groups is 1. The van der Waals surface area contributed by atoms with Crippen molar-refractivity contribution >= 4 is 34.8 Å². The summed E-state index contributed by atoms with van der Waals surface area (Å²) in [6, 6.07) is 5.78. The van der Waals surface area contributed by atoms with Crippen LogP contribution in [0.5, 0.6) is 5.75 Å². The molecule has 6 heteroatoms. The van der Waals surface area contributed by atoms with Gasteiger partial charge in [0.2, 0.25) is 0 Å². The average molecular weight is 283 g/mol. The number of phenolic OH excluding ortho intramolecular Hbond substituents is 1. The van der Waals surface area contributed by atoms with Crippen LogP contribution in [0, 0.1) is 0 Å². The number of nitrogens with zero attached hydrogens (tertiary/aromatic N) is 1. The number of anilines is 1. The first-order valence-electron chi connectivity index (χ1n) is 4.96. The van der Waals surface area contributed by atoms with Crippen LogP contribution >= 0.6 is 23.2 Å². The number of amides is 1. The van der Waals surface area contributed by atoms with Gasteiger partial charge in [0.1, 0.15) is 5.75 Å². The Kier molecular flexibility index (Phi) is 3.69. The quantitative estimate of drug-likeness (QED) is 0.888. The van der Waals surface area contributed by atoms with E-state index < -0.39 is 5.91 Å². The van der Waals surface area contributed by atoms with Crippen molar-refractivity contribution in [2.45, 2.75) is 0 Å². The van der Waals surface area contributed by atoms with Crippen molar-refractivity contribution in [3.63, 3.8) is 0 Å². The van der Waals surface area contributed by atoms with Gasteiger partial charge in [-0.2, -0.15) is 0 Å². The largest absolute Gasteiger partial charge is 0.507 e. The van der Waals surface area contributed by atoms with E-state index in [1.807, 2.05) is 0 Å². The number of benzene rings is 1. The van der Waals surface area contributed by atoms with Crippen LogP contribution in [-0.4, -0.2) is 16.0 Å². The standard InChI is InChI=1S/C12H8Cl2N2O2/c13-7-1-2-11(17)10(4-7)12(18)16-9-3-8(14)5-15-6-9/h1-6,17H,(H,16,18). The van der Waals surface area contributed by atoms with Gasteiger partial charge in [0.15, 0.2) is 0 Å². The molecular formula is C12H8Cl2N2O2. The summed E-state index contributed by atoms with van der Waals surface area (Å²) in [5.41, 5.74) is 0.523.